The summed E-state index contributed by atoms with van der Waals surface area (Å²) in [6.07, 6.45) is 3.80. The normalized spacial score (nSPS) is 35.7. The molecule has 0 aromatic carbocycles. The number of hydrogen-bond acceptors (Lipinski definition) is 3. The van der Waals surface area contributed by atoms with Gasteiger partial charge >= 0.3 is 0 Å². The van der Waals surface area contributed by atoms with Gasteiger partial charge in [0.1, 0.15) is 5.78 Å². The number of hydrogen-bond donors (Lipinski definition) is 1. The molecule has 3 heteroatoms. The molecule has 15 heavy (non-hydrogen) atoms. The Morgan fingerprint density at radius 2 is 2.20 bits per heavy atom. The van der Waals surface area contributed by atoms with Crippen LogP contribution in [0.2, 0.25) is 0 Å². The van der Waals surface area contributed by atoms with Crippen LogP contribution in [0.4, 0.5) is 0 Å². The highest BCUT2D eigenvalue weighted by molar-refractivity contribution is 5.75. The van der Waals surface area contributed by atoms with Gasteiger partial charge in [-0.2, -0.15) is 0 Å². The second-order valence-corrected chi connectivity index (χ2v) is 5.13. The highest BCUT2D eigenvalue weighted by Gasteiger charge is 2.41. The number of fused-ring (bicyclic) bond motifs is 1. The molecular weight excluding hydrogens is 190 g/mol. The second kappa shape index (κ2) is 4.62. The van der Waals surface area contributed by atoms with Crippen molar-refractivity contribution in [2.45, 2.75) is 38.7 Å². The zero-order valence-corrected chi connectivity index (χ0v) is 9.48. The molecule has 1 heterocycles. The molecule has 2 rings (SSSR count). The standard InChI is InChI=1S/C12H21NO2/c1-9(14)3-2-6-13-7-10-4-5-12(15)11(10)8-13/h10-12,15H,2-8H2,1H3. The summed E-state index contributed by atoms with van der Waals surface area (Å²) >= 11 is 0. The topological polar surface area (TPSA) is 40.5 Å². The Labute approximate surface area is 91.5 Å². The van der Waals surface area contributed by atoms with Gasteiger partial charge in [0.05, 0.1) is 6.10 Å². The first-order valence-corrected chi connectivity index (χ1v) is 6.06. The first kappa shape index (κ1) is 11.1. The molecule has 1 aliphatic heterocycles. The SMILES string of the molecule is CC(=O)CCCN1CC2CCC(O)C2C1. The maximum absolute atomic E-state index is 10.8. The smallest absolute Gasteiger partial charge is 0.129 e. The van der Waals surface area contributed by atoms with E-state index in [1.807, 2.05) is 0 Å². The first-order valence-electron chi connectivity index (χ1n) is 6.06. The van der Waals surface area contributed by atoms with Crippen LogP contribution < -0.4 is 0 Å². The van der Waals surface area contributed by atoms with Gasteiger partial charge in [0, 0.05) is 25.4 Å². The summed E-state index contributed by atoms with van der Waals surface area (Å²) in [5, 5.41) is 9.75. The van der Waals surface area contributed by atoms with Crippen LogP contribution >= 0.6 is 0 Å². The first-order chi connectivity index (χ1) is 7.16. The van der Waals surface area contributed by atoms with Gasteiger partial charge < -0.3 is 14.8 Å². The molecule has 1 N–H and O–H groups in total. The average molecular weight is 211 g/mol. The van der Waals surface area contributed by atoms with E-state index in [4.69, 9.17) is 0 Å². The lowest BCUT2D eigenvalue weighted by Gasteiger charge is -2.17. The lowest BCUT2D eigenvalue weighted by molar-refractivity contribution is -0.117. The zero-order valence-electron chi connectivity index (χ0n) is 9.48. The lowest BCUT2D eigenvalue weighted by Crippen LogP contribution is -2.26. The Balaban J connectivity index is 1.72. The third-order valence-corrected chi connectivity index (χ3v) is 3.90. The van der Waals surface area contributed by atoms with E-state index in [0.29, 0.717) is 12.3 Å². The Hall–Kier alpha value is -0.410. The largest absolute Gasteiger partial charge is 0.393 e. The molecule has 0 aromatic heterocycles. The Morgan fingerprint density at radius 1 is 1.40 bits per heavy atom. The predicted octanol–water partition coefficient (Wildman–Crippen LogP) is 1.06. The zero-order chi connectivity index (χ0) is 10.8. The molecule has 86 valence electrons. The van der Waals surface area contributed by atoms with Crippen molar-refractivity contribution in [1.29, 1.82) is 0 Å². The maximum Gasteiger partial charge on any atom is 0.129 e. The number of carbonyl (C=O) groups excluding carboxylic acids is 1. The molecule has 1 saturated carbocycles. The van der Waals surface area contributed by atoms with Crippen LogP contribution in [0.5, 0.6) is 0 Å². The van der Waals surface area contributed by atoms with Crippen LogP contribution in [0.1, 0.15) is 32.6 Å². The van der Waals surface area contributed by atoms with Crippen molar-refractivity contribution < 1.29 is 9.90 Å². The number of aliphatic hydroxyl groups excluding tert-OH is 1. The summed E-state index contributed by atoms with van der Waals surface area (Å²) < 4.78 is 0. The number of nitrogens with zero attached hydrogens (tertiary/aromatic N) is 1. The van der Waals surface area contributed by atoms with Gasteiger partial charge in [0.25, 0.3) is 0 Å². The quantitative estimate of drug-likeness (QED) is 0.756. The average Bonchev–Trinajstić information content (AvgIpc) is 2.69. The van der Waals surface area contributed by atoms with Gasteiger partial charge in [0.2, 0.25) is 0 Å². The second-order valence-electron chi connectivity index (χ2n) is 5.13. The summed E-state index contributed by atoms with van der Waals surface area (Å²) in [6.45, 7) is 4.87. The summed E-state index contributed by atoms with van der Waals surface area (Å²) in [5.41, 5.74) is 0. The van der Waals surface area contributed by atoms with Crippen molar-refractivity contribution in [2.75, 3.05) is 19.6 Å². The minimum Gasteiger partial charge on any atom is -0.393 e. The molecule has 2 aliphatic rings. The minimum absolute atomic E-state index is 0.0622. The maximum atomic E-state index is 10.8. The molecule has 2 fully saturated rings. The van der Waals surface area contributed by atoms with Gasteiger partial charge in [-0.25, -0.2) is 0 Å². The van der Waals surface area contributed by atoms with Crippen LogP contribution in [0.3, 0.4) is 0 Å². The van der Waals surface area contributed by atoms with Crippen molar-refractivity contribution in [2.24, 2.45) is 11.8 Å². The van der Waals surface area contributed by atoms with Crippen LogP contribution in [0, 0.1) is 11.8 Å². The number of ketones is 1. The molecular formula is C12H21NO2. The predicted molar refractivity (Wildman–Crippen MR) is 58.6 cm³/mol. The van der Waals surface area contributed by atoms with E-state index in [0.717, 1.165) is 38.4 Å². The molecule has 3 unspecified atom stereocenters. The summed E-state index contributed by atoms with van der Waals surface area (Å²) in [6, 6.07) is 0. The summed E-state index contributed by atoms with van der Waals surface area (Å²) in [7, 11) is 0. The molecule has 1 saturated heterocycles. The van der Waals surface area contributed by atoms with Crippen LogP contribution in [0.15, 0.2) is 0 Å². The van der Waals surface area contributed by atoms with Crippen LogP contribution in [0.25, 0.3) is 0 Å². The lowest BCUT2D eigenvalue weighted by atomic mass is 10.00. The third kappa shape index (κ3) is 2.58. The van der Waals surface area contributed by atoms with Gasteiger partial charge in [-0.3, -0.25) is 0 Å². The number of rotatable bonds is 4. The van der Waals surface area contributed by atoms with E-state index in [1.165, 1.54) is 6.42 Å². The fourth-order valence-electron chi connectivity index (χ4n) is 3.06. The highest BCUT2D eigenvalue weighted by Crippen LogP contribution is 2.37. The van der Waals surface area contributed by atoms with Crippen LogP contribution in [-0.4, -0.2) is 41.5 Å². The van der Waals surface area contributed by atoms with Crippen LogP contribution in [-0.2, 0) is 4.79 Å². The van der Waals surface area contributed by atoms with Crippen molar-refractivity contribution in [3.05, 3.63) is 0 Å². The minimum atomic E-state index is -0.0622. The fraction of sp³-hybridized carbons (Fsp3) is 0.917. The van der Waals surface area contributed by atoms with Crippen molar-refractivity contribution in [3.8, 4) is 0 Å². The van der Waals surface area contributed by atoms with Crippen molar-refractivity contribution in [1.82, 2.24) is 4.90 Å². The van der Waals surface area contributed by atoms with Gasteiger partial charge in [-0.05, 0) is 38.6 Å². The molecule has 0 bridgehead atoms. The summed E-state index contributed by atoms with van der Waals surface area (Å²) in [4.78, 5) is 13.2. The van der Waals surface area contributed by atoms with Gasteiger partial charge in [-0.15, -0.1) is 0 Å². The highest BCUT2D eigenvalue weighted by atomic mass is 16.3. The van der Waals surface area contributed by atoms with E-state index in [9.17, 15) is 9.90 Å². The molecule has 1 aliphatic carbocycles. The number of Topliss-reactive ketones (excluding diaryl/α,β-unsaturated/α-hetero) is 1. The van der Waals surface area contributed by atoms with Crippen molar-refractivity contribution >= 4 is 5.78 Å². The van der Waals surface area contributed by atoms with E-state index in [-0.39, 0.29) is 11.9 Å². The molecule has 0 amide bonds. The fourth-order valence-corrected chi connectivity index (χ4v) is 3.06. The molecule has 0 radical (unpaired) electrons. The molecule has 0 aromatic rings. The molecule has 3 atom stereocenters. The van der Waals surface area contributed by atoms with Gasteiger partial charge in [-0.1, -0.05) is 0 Å². The number of likely N-dealkylation sites (tertiary alicyclic amines) is 1. The van der Waals surface area contributed by atoms with E-state index in [1.54, 1.807) is 6.92 Å². The van der Waals surface area contributed by atoms with Gasteiger partial charge in [0.15, 0.2) is 0 Å². The Bertz CT molecular complexity index is 242. The monoisotopic (exact) mass is 211 g/mol. The number of carbonyl (C=O) groups is 1. The third-order valence-electron chi connectivity index (χ3n) is 3.90. The number of aliphatic hydroxyl groups is 1. The molecule has 0 spiro atoms. The summed E-state index contributed by atoms with van der Waals surface area (Å²) in [5.74, 6) is 1.52. The van der Waals surface area contributed by atoms with E-state index >= 15 is 0 Å². The van der Waals surface area contributed by atoms with Crippen molar-refractivity contribution in [3.63, 3.8) is 0 Å². The Morgan fingerprint density at radius 3 is 2.87 bits per heavy atom. The molecule has 3 nitrogen and oxygen atoms in total. The van der Waals surface area contributed by atoms with E-state index < -0.39 is 0 Å². The Kier molecular flexibility index (Phi) is 3.42. The van der Waals surface area contributed by atoms with E-state index in [2.05, 4.69) is 4.90 Å².